The predicted molar refractivity (Wildman–Crippen MR) is 363 cm³/mol. The molecule has 1 aliphatic carbocycles. The maximum atomic E-state index is 13.9. The van der Waals surface area contributed by atoms with Crippen molar-refractivity contribution in [2.45, 2.75) is 6.18 Å². The molecule has 430 valence electrons. The second-order valence-corrected chi connectivity index (χ2v) is 22.0. The van der Waals surface area contributed by atoms with Crippen molar-refractivity contribution in [1.29, 1.82) is 5.41 Å². The summed E-state index contributed by atoms with van der Waals surface area (Å²) < 4.78 is 60.6. The van der Waals surface area contributed by atoms with Gasteiger partial charge in [-0.05, 0) is 206 Å². The summed E-state index contributed by atoms with van der Waals surface area (Å²) in [5.74, 6) is 1.44. The molecule has 10 heteroatoms. The molecule has 0 saturated carbocycles. The van der Waals surface area contributed by atoms with Crippen LogP contribution in [0, 0.1) is 5.41 Å². The summed E-state index contributed by atoms with van der Waals surface area (Å²) in [6.45, 7) is 0.705. The van der Waals surface area contributed by atoms with Crippen LogP contribution in [0.25, 0.3) is 99.5 Å². The fourth-order valence-electron chi connectivity index (χ4n) is 12.1. The van der Waals surface area contributed by atoms with E-state index in [4.69, 9.17) is 9.47 Å². The van der Waals surface area contributed by atoms with E-state index in [1.54, 1.807) is 12.1 Å². The van der Waals surface area contributed by atoms with E-state index in [0.29, 0.717) is 41.5 Å². The van der Waals surface area contributed by atoms with Crippen molar-refractivity contribution in [3.63, 3.8) is 0 Å². The molecule has 1 N–H and O–H groups in total. The lowest BCUT2D eigenvalue weighted by Gasteiger charge is -2.31. The Hall–Kier alpha value is -10.9. The summed E-state index contributed by atoms with van der Waals surface area (Å²) in [5.41, 5.74) is 16.5. The Bertz CT molecular complexity index is 4800. The van der Waals surface area contributed by atoms with Gasteiger partial charge < -0.3 is 18.9 Å². The lowest BCUT2D eigenvalue weighted by atomic mass is 9.90. The number of anilines is 2. The molecule has 13 aromatic rings. The minimum absolute atomic E-state index is 0.180. The summed E-state index contributed by atoms with van der Waals surface area (Å²) in [4.78, 5) is 2.11. The van der Waals surface area contributed by atoms with Crippen LogP contribution in [0.4, 0.5) is 24.5 Å². The second kappa shape index (κ2) is 24.1. The zero-order chi connectivity index (χ0) is 60.4. The van der Waals surface area contributed by atoms with Crippen molar-refractivity contribution < 1.29 is 22.6 Å². The van der Waals surface area contributed by atoms with Gasteiger partial charge in [0.15, 0.2) is 0 Å². The highest BCUT2D eigenvalue weighted by atomic mass is 32.1. The van der Waals surface area contributed by atoms with Gasteiger partial charge in [-0.2, -0.15) is 13.2 Å². The Morgan fingerprint density at radius 1 is 0.416 bits per heavy atom. The van der Waals surface area contributed by atoms with Crippen LogP contribution >= 0.6 is 12.8 Å². The third kappa shape index (κ3) is 11.2. The first-order valence-corrected chi connectivity index (χ1v) is 29.7. The minimum atomic E-state index is -4.48. The molecule has 0 spiro atoms. The van der Waals surface area contributed by atoms with Crippen LogP contribution in [-0.2, 0) is 6.18 Å². The molecule has 14 rings (SSSR count). The highest BCUT2D eigenvalue weighted by Gasteiger charge is 2.31. The lowest BCUT2D eigenvalue weighted by molar-refractivity contribution is -0.137. The molecular formula is C79H55F3N4O2S. The number of allylic oxidation sites excluding steroid dienone is 4. The highest BCUT2D eigenvalue weighted by molar-refractivity contribution is 7.79. The molecule has 0 radical (unpaired) electrons. The number of nitrogens with one attached hydrogen (secondary N) is 1. The van der Waals surface area contributed by atoms with E-state index in [0.717, 1.165) is 123 Å². The van der Waals surface area contributed by atoms with E-state index in [9.17, 15) is 18.6 Å². The lowest BCUT2D eigenvalue weighted by Crippen LogP contribution is -2.30. The number of benzene rings is 12. The van der Waals surface area contributed by atoms with Crippen LogP contribution < -0.4 is 14.4 Å². The van der Waals surface area contributed by atoms with Crippen molar-refractivity contribution in [2.24, 2.45) is 4.40 Å². The average Bonchev–Trinajstić information content (AvgIpc) is 1.62. The van der Waals surface area contributed by atoms with Crippen molar-refractivity contribution in [1.82, 2.24) is 4.57 Å². The number of fused-ring (bicyclic) bond motifs is 5. The first-order valence-electron chi connectivity index (χ1n) is 29.3. The largest absolute Gasteiger partial charge is 0.490 e. The van der Waals surface area contributed by atoms with E-state index in [2.05, 4.69) is 178 Å². The fourth-order valence-corrected chi connectivity index (χ4v) is 12.3. The summed E-state index contributed by atoms with van der Waals surface area (Å²) in [5, 5.41) is 13.8. The van der Waals surface area contributed by atoms with Crippen molar-refractivity contribution >= 4 is 73.8 Å². The molecule has 89 heavy (non-hydrogen) atoms. The third-order valence-corrected chi connectivity index (χ3v) is 16.6. The van der Waals surface area contributed by atoms with Gasteiger partial charge in [0.05, 0.1) is 22.3 Å². The number of hydrogen-bond acceptors (Lipinski definition) is 6. The maximum absolute atomic E-state index is 13.9. The minimum Gasteiger partial charge on any atom is -0.490 e. The topological polar surface area (TPSA) is 62.8 Å². The molecule has 0 saturated heterocycles. The molecule has 0 unspecified atom stereocenters. The Kier molecular flexibility index (Phi) is 15.1. The Morgan fingerprint density at radius 3 is 1.42 bits per heavy atom. The molecule has 1 heterocycles. The SMILES string of the molecule is N=C1C(N(c2ccc(-c3ccccc3)cc2)c2ccc(-c3cc(-c4ccccc4)cc(-c4ccccc4)c3)cc2)=CC=C(c2ccc3c(c2)c2c4ccccc4c(-c4ccc(C(F)(F)F)cc4)cc2n3-c2ccc(OCCOc3ccccc3)cc2)/C1=N/S. The van der Waals surface area contributed by atoms with Gasteiger partial charge in [-0.3, -0.25) is 5.41 Å². The third-order valence-electron chi connectivity index (χ3n) is 16.4. The summed E-state index contributed by atoms with van der Waals surface area (Å²) in [6, 6.07) is 94.1. The molecule has 0 fully saturated rings. The summed E-state index contributed by atoms with van der Waals surface area (Å²) >= 11 is 4.62. The van der Waals surface area contributed by atoms with Gasteiger partial charge in [0.2, 0.25) is 0 Å². The number of thiol groups is 1. The van der Waals surface area contributed by atoms with Crippen molar-refractivity contribution in [2.75, 3.05) is 18.1 Å². The van der Waals surface area contributed by atoms with Crippen molar-refractivity contribution in [3.05, 3.63) is 314 Å². The molecule has 6 nitrogen and oxygen atoms in total. The summed E-state index contributed by atoms with van der Waals surface area (Å²) in [7, 11) is 0. The van der Waals surface area contributed by atoms with E-state index in [1.807, 2.05) is 121 Å². The molecule has 0 atom stereocenters. The zero-order valence-electron chi connectivity index (χ0n) is 47.9. The fraction of sp³-hybridized carbons (Fsp3) is 0.0380. The van der Waals surface area contributed by atoms with Crippen LogP contribution in [0.2, 0.25) is 0 Å². The predicted octanol–water partition coefficient (Wildman–Crippen LogP) is 21.2. The van der Waals surface area contributed by atoms with Crippen LogP contribution in [0.5, 0.6) is 11.5 Å². The van der Waals surface area contributed by atoms with Crippen LogP contribution in [0.3, 0.4) is 0 Å². The molecule has 1 aliphatic rings. The van der Waals surface area contributed by atoms with Gasteiger partial charge in [0.25, 0.3) is 0 Å². The van der Waals surface area contributed by atoms with E-state index in [-0.39, 0.29) is 5.71 Å². The van der Waals surface area contributed by atoms with Gasteiger partial charge in [-0.25, -0.2) is 4.40 Å². The number of nitrogens with zero attached hydrogens (tertiary/aromatic N) is 3. The molecule has 0 bridgehead atoms. The van der Waals surface area contributed by atoms with Crippen LogP contribution in [-0.4, -0.2) is 29.2 Å². The Labute approximate surface area is 519 Å². The zero-order valence-corrected chi connectivity index (χ0v) is 48.8. The molecular weight excluding hydrogens is 1130 g/mol. The number of rotatable bonds is 15. The van der Waals surface area contributed by atoms with Gasteiger partial charge in [-0.15, -0.1) is 0 Å². The molecule has 1 aromatic heterocycles. The van der Waals surface area contributed by atoms with Crippen LogP contribution in [0.15, 0.2) is 307 Å². The van der Waals surface area contributed by atoms with E-state index < -0.39 is 11.7 Å². The van der Waals surface area contributed by atoms with Gasteiger partial charge in [0.1, 0.15) is 36.1 Å². The van der Waals surface area contributed by atoms with Gasteiger partial charge in [-0.1, -0.05) is 176 Å². The summed E-state index contributed by atoms with van der Waals surface area (Å²) in [6.07, 6.45) is -0.466. The monoisotopic (exact) mass is 1180 g/mol. The maximum Gasteiger partial charge on any atom is 0.416 e. The normalized spacial score (nSPS) is 13.0. The number of alkyl halides is 3. The smallest absolute Gasteiger partial charge is 0.416 e. The van der Waals surface area contributed by atoms with E-state index in [1.165, 1.54) is 0 Å². The first kappa shape index (κ1) is 55.9. The van der Waals surface area contributed by atoms with Crippen LogP contribution in [0.1, 0.15) is 11.1 Å². The Balaban J connectivity index is 0.875. The first-order chi connectivity index (χ1) is 43.6. The molecule has 0 aliphatic heterocycles. The molecule has 0 amide bonds. The van der Waals surface area contributed by atoms with Gasteiger partial charge in [0, 0.05) is 33.4 Å². The Morgan fingerprint density at radius 2 is 0.876 bits per heavy atom. The number of hydrogen-bond donors (Lipinski definition) is 2. The van der Waals surface area contributed by atoms with E-state index >= 15 is 0 Å². The quantitative estimate of drug-likeness (QED) is 0.0611. The molecule has 12 aromatic carbocycles. The number of aromatic nitrogens is 1. The number of para-hydroxylation sites is 1. The number of ether oxygens (including phenoxy) is 2. The number of halogens is 3. The highest BCUT2D eigenvalue weighted by Crippen LogP contribution is 2.45. The standard InChI is InChI=1S/C79H55F3N4O2S/c80-79(81,82)62-32-25-57(26-33-62)71-51-75-76(70-24-14-13-23-69(70)71)72-50-58(31-43-73(72)86(75)65-38-40-67(41-39-65)88-46-45-87-66-21-11-4-12-22-66)68-42-44-74(77(83)78(68)84-89)85(63-34-27-55(28-35-63)52-15-5-1-6-16-52)64-36-29-56(30-37-64)61-48-59(53-17-7-2-8-18-53)47-60(49-61)54-19-9-3-10-20-54/h1-44,47-51,83,89H,45-46H2/b83-77?,84-78-. The van der Waals surface area contributed by atoms with Crippen molar-refractivity contribution in [3.8, 4) is 72.8 Å². The van der Waals surface area contributed by atoms with Gasteiger partial charge >= 0.3 is 6.18 Å². The second-order valence-electron chi connectivity index (χ2n) is 21.8. The average molecular weight is 1180 g/mol.